The minimum atomic E-state index is -0.244. The first kappa shape index (κ1) is 14.5. The van der Waals surface area contributed by atoms with Gasteiger partial charge >= 0.3 is 0 Å². The number of phenolic OH excluding ortho intramolecular Hbond substituents is 1. The number of nitrogens with one attached hydrogen (secondary N) is 1. The third-order valence-electron chi connectivity index (χ3n) is 3.29. The number of hydrogen-bond donors (Lipinski definition) is 2. The molecule has 18 heavy (non-hydrogen) atoms. The summed E-state index contributed by atoms with van der Waals surface area (Å²) < 4.78 is 0. The van der Waals surface area contributed by atoms with Crippen LogP contribution in [0.1, 0.15) is 29.8 Å². The number of benzene rings is 1. The smallest absolute Gasteiger partial charge is 0.255 e. The lowest BCUT2D eigenvalue weighted by atomic mass is 10.0. The van der Waals surface area contributed by atoms with E-state index in [2.05, 4.69) is 5.32 Å². The van der Waals surface area contributed by atoms with E-state index in [1.165, 1.54) is 0 Å². The van der Waals surface area contributed by atoms with Gasteiger partial charge in [0.1, 0.15) is 5.75 Å². The van der Waals surface area contributed by atoms with Crippen LogP contribution in [0.5, 0.6) is 5.75 Å². The Bertz CT molecular complexity index is 439. The number of aryl methyl sites for hydroxylation is 1. The quantitative estimate of drug-likeness (QED) is 0.856. The molecule has 1 amide bonds. The molecule has 2 N–H and O–H groups in total. The molecule has 0 saturated carbocycles. The van der Waals surface area contributed by atoms with Crippen molar-refractivity contribution in [2.24, 2.45) is 0 Å². The van der Waals surface area contributed by atoms with Gasteiger partial charge in [-0.3, -0.25) is 4.79 Å². The van der Waals surface area contributed by atoms with Gasteiger partial charge in [-0.05, 0) is 47.0 Å². The maximum Gasteiger partial charge on any atom is 0.255 e. The highest BCUT2D eigenvalue weighted by Crippen LogP contribution is 2.18. The summed E-state index contributed by atoms with van der Waals surface area (Å²) in [5.74, 6) is -0.230. The maximum absolute atomic E-state index is 12.0. The Hall–Kier alpha value is -1.55. The Kier molecular flexibility index (Phi) is 4.35. The third kappa shape index (κ3) is 3.47. The van der Waals surface area contributed by atoms with Crippen molar-refractivity contribution in [3.8, 4) is 5.75 Å². The second-order valence-corrected chi connectivity index (χ2v) is 5.41. The predicted molar refractivity (Wildman–Crippen MR) is 72.9 cm³/mol. The molecule has 0 spiro atoms. The van der Waals surface area contributed by atoms with Crippen LogP contribution in [0.15, 0.2) is 18.2 Å². The van der Waals surface area contributed by atoms with E-state index in [-0.39, 0.29) is 17.2 Å². The topological polar surface area (TPSA) is 52.6 Å². The first-order valence-corrected chi connectivity index (χ1v) is 5.99. The molecule has 0 radical (unpaired) electrons. The Labute approximate surface area is 109 Å². The van der Waals surface area contributed by atoms with Gasteiger partial charge in [0.25, 0.3) is 5.91 Å². The normalized spacial score (nSPS) is 11.7. The van der Waals surface area contributed by atoms with Crippen molar-refractivity contribution in [3.05, 3.63) is 29.3 Å². The van der Waals surface area contributed by atoms with Crippen molar-refractivity contribution < 1.29 is 9.90 Å². The van der Waals surface area contributed by atoms with E-state index in [1.807, 2.05) is 39.8 Å². The van der Waals surface area contributed by atoms with Crippen LogP contribution < -0.4 is 5.32 Å². The summed E-state index contributed by atoms with van der Waals surface area (Å²) >= 11 is 0. The van der Waals surface area contributed by atoms with Gasteiger partial charge in [-0.15, -0.1) is 0 Å². The molecular weight excluding hydrogens is 228 g/mol. The van der Waals surface area contributed by atoms with Gasteiger partial charge in [-0.1, -0.05) is 11.6 Å². The number of carbonyl (C=O) groups is 1. The lowest BCUT2D eigenvalue weighted by molar-refractivity contribution is 0.0917. The van der Waals surface area contributed by atoms with E-state index in [9.17, 15) is 9.90 Å². The standard InChI is InChI=1S/C14H22N2O2/c1-10-6-7-12(17)11(8-10)13(18)15-9-14(2,3)16(4)5/h6-8,17H,9H2,1-5H3,(H,15,18). The predicted octanol–water partition coefficient (Wildman–Crippen LogP) is 1.77. The summed E-state index contributed by atoms with van der Waals surface area (Å²) in [6, 6.07) is 5.00. The molecule has 0 aliphatic carbocycles. The first-order valence-electron chi connectivity index (χ1n) is 5.99. The Morgan fingerprint density at radius 2 is 2.00 bits per heavy atom. The van der Waals surface area contributed by atoms with Crippen molar-refractivity contribution in [1.29, 1.82) is 0 Å². The van der Waals surface area contributed by atoms with Gasteiger partial charge in [-0.2, -0.15) is 0 Å². The van der Waals surface area contributed by atoms with Crippen molar-refractivity contribution in [2.45, 2.75) is 26.3 Å². The summed E-state index contributed by atoms with van der Waals surface area (Å²) in [6.07, 6.45) is 0. The lowest BCUT2D eigenvalue weighted by Gasteiger charge is -2.32. The second kappa shape index (κ2) is 5.40. The summed E-state index contributed by atoms with van der Waals surface area (Å²) in [5.41, 5.74) is 1.14. The number of nitrogens with zero attached hydrogens (tertiary/aromatic N) is 1. The molecule has 0 atom stereocenters. The van der Waals surface area contributed by atoms with Gasteiger partial charge in [0.2, 0.25) is 0 Å². The molecule has 0 fully saturated rings. The third-order valence-corrected chi connectivity index (χ3v) is 3.29. The highest BCUT2D eigenvalue weighted by molar-refractivity contribution is 5.97. The molecule has 1 aromatic carbocycles. The zero-order valence-electron chi connectivity index (χ0n) is 11.7. The van der Waals surface area contributed by atoms with Gasteiger partial charge in [0.05, 0.1) is 5.56 Å². The molecule has 0 unspecified atom stereocenters. The number of aromatic hydroxyl groups is 1. The van der Waals surface area contributed by atoms with Crippen molar-refractivity contribution in [2.75, 3.05) is 20.6 Å². The molecule has 0 heterocycles. The van der Waals surface area contributed by atoms with Crippen LogP contribution in [0.3, 0.4) is 0 Å². The van der Waals surface area contributed by atoms with Crippen LogP contribution in [0.25, 0.3) is 0 Å². The lowest BCUT2D eigenvalue weighted by Crippen LogP contribution is -2.48. The highest BCUT2D eigenvalue weighted by atomic mass is 16.3. The van der Waals surface area contributed by atoms with Gasteiger partial charge in [0.15, 0.2) is 0 Å². The number of rotatable bonds is 4. The summed E-state index contributed by atoms with van der Waals surface area (Å²) in [6.45, 7) is 6.50. The Morgan fingerprint density at radius 1 is 1.39 bits per heavy atom. The van der Waals surface area contributed by atoms with Crippen LogP contribution >= 0.6 is 0 Å². The van der Waals surface area contributed by atoms with Crippen molar-refractivity contribution in [3.63, 3.8) is 0 Å². The number of amides is 1. The Balaban J connectivity index is 2.75. The minimum Gasteiger partial charge on any atom is -0.507 e. The molecule has 4 heteroatoms. The molecule has 0 aliphatic heterocycles. The average molecular weight is 250 g/mol. The van der Waals surface area contributed by atoms with E-state index in [0.29, 0.717) is 12.1 Å². The number of likely N-dealkylation sites (N-methyl/N-ethyl adjacent to an activating group) is 1. The summed E-state index contributed by atoms with van der Waals surface area (Å²) in [7, 11) is 3.94. The van der Waals surface area contributed by atoms with E-state index < -0.39 is 0 Å². The zero-order valence-corrected chi connectivity index (χ0v) is 11.7. The number of carbonyl (C=O) groups excluding carboxylic acids is 1. The minimum absolute atomic E-state index is 0.0146. The van der Waals surface area contributed by atoms with Gasteiger partial charge < -0.3 is 15.3 Å². The molecular formula is C14H22N2O2. The summed E-state index contributed by atoms with van der Waals surface area (Å²) in [5, 5.41) is 12.5. The molecule has 0 bridgehead atoms. The van der Waals surface area contributed by atoms with E-state index >= 15 is 0 Å². The van der Waals surface area contributed by atoms with Crippen LogP contribution in [0.2, 0.25) is 0 Å². The van der Waals surface area contributed by atoms with Crippen LogP contribution in [0.4, 0.5) is 0 Å². The van der Waals surface area contributed by atoms with Gasteiger partial charge in [-0.25, -0.2) is 0 Å². The second-order valence-electron chi connectivity index (χ2n) is 5.41. The number of hydrogen-bond acceptors (Lipinski definition) is 3. The molecule has 1 aromatic rings. The van der Waals surface area contributed by atoms with E-state index in [0.717, 1.165) is 5.56 Å². The number of phenols is 1. The zero-order chi connectivity index (χ0) is 13.9. The fraction of sp³-hybridized carbons (Fsp3) is 0.500. The van der Waals surface area contributed by atoms with Crippen LogP contribution in [0, 0.1) is 6.92 Å². The van der Waals surface area contributed by atoms with Gasteiger partial charge in [0, 0.05) is 12.1 Å². The largest absolute Gasteiger partial charge is 0.507 e. The average Bonchev–Trinajstić information content (AvgIpc) is 2.29. The van der Waals surface area contributed by atoms with Crippen molar-refractivity contribution in [1.82, 2.24) is 10.2 Å². The maximum atomic E-state index is 12.0. The monoisotopic (exact) mass is 250 g/mol. The molecule has 0 saturated heterocycles. The molecule has 1 rings (SSSR count). The fourth-order valence-electron chi connectivity index (χ4n) is 1.38. The first-order chi connectivity index (χ1) is 8.24. The molecule has 4 nitrogen and oxygen atoms in total. The summed E-state index contributed by atoms with van der Waals surface area (Å²) in [4.78, 5) is 14.0. The molecule has 100 valence electrons. The highest BCUT2D eigenvalue weighted by Gasteiger charge is 2.22. The Morgan fingerprint density at radius 3 is 2.56 bits per heavy atom. The van der Waals surface area contributed by atoms with E-state index in [1.54, 1.807) is 18.2 Å². The SMILES string of the molecule is Cc1ccc(O)c(C(=O)NCC(C)(C)N(C)C)c1. The van der Waals surface area contributed by atoms with Crippen molar-refractivity contribution >= 4 is 5.91 Å². The fourth-order valence-corrected chi connectivity index (χ4v) is 1.38. The van der Waals surface area contributed by atoms with E-state index in [4.69, 9.17) is 0 Å². The van der Waals surface area contributed by atoms with Crippen LogP contribution in [-0.2, 0) is 0 Å². The molecule has 0 aliphatic rings. The van der Waals surface area contributed by atoms with Crippen LogP contribution in [-0.4, -0.2) is 42.1 Å². The molecule has 0 aromatic heterocycles.